The van der Waals surface area contributed by atoms with E-state index in [1.807, 2.05) is 0 Å². The van der Waals surface area contributed by atoms with E-state index in [0.717, 1.165) is 0 Å². The topological polar surface area (TPSA) is 138 Å². The van der Waals surface area contributed by atoms with Gasteiger partial charge in [-0.3, -0.25) is 0 Å². The van der Waals surface area contributed by atoms with E-state index in [-0.39, 0.29) is 0 Å². The molecule has 5 heterocycles. The molecule has 0 N–H and O–H groups in total. The van der Waals surface area contributed by atoms with Crippen molar-refractivity contribution in [1.29, 1.82) is 0 Å². The highest BCUT2D eigenvalue weighted by Gasteiger charge is 2.78. The first-order valence-corrected chi connectivity index (χ1v) is 30.9. The Bertz CT molecular complexity index is 1320. The number of hydrogen-bond acceptors (Lipinski definition) is 15. The summed E-state index contributed by atoms with van der Waals surface area (Å²) in [6.45, 7) is 39.7. The molecule has 247 valence electrons. The summed E-state index contributed by atoms with van der Waals surface area (Å²) in [5, 5.41) is 0. The highest BCUT2D eigenvalue weighted by Crippen LogP contribution is 2.47. The lowest BCUT2D eigenvalue weighted by molar-refractivity contribution is 0.0162. The van der Waals surface area contributed by atoms with Crippen LogP contribution in [0.1, 0.15) is 0 Å². The molecular formula is C21H33O15Si10. The van der Waals surface area contributed by atoms with Crippen molar-refractivity contribution in [3.8, 4) is 0 Å². The largest absolute Gasteiger partial charge is 0.514 e. The first kappa shape index (κ1) is 36.3. The van der Waals surface area contributed by atoms with E-state index in [1.165, 1.54) is 64.1 Å². The Morgan fingerprint density at radius 2 is 0.609 bits per heavy atom. The van der Waals surface area contributed by atoms with Crippen LogP contribution in [0, 0.1) is 0 Å². The van der Waals surface area contributed by atoms with Crippen molar-refractivity contribution in [2.45, 2.75) is 0 Å². The molecule has 25 heteroatoms. The van der Waals surface area contributed by atoms with Crippen LogP contribution in [0.4, 0.5) is 0 Å². The number of fused-ring (bicyclic) bond motifs is 4. The molecule has 0 aliphatic carbocycles. The zero-order chi connectivity index (χ0) is 33.8. The van der Waals surface area contributed by atoms with Gasteiger partial charge in [-0.1, -0.05) is 6.58 Å². The van der Waals surface area contributed by atoms with Crippen molar-refractivity contribution in [1.82, 2.24) is 0 Å². The molecule has 8 unspecified atom stereocenters. The molecule has 0 spiro atoms. The maximum Gasteiger partial charge on any atom is 0.514 e. The number of rotatable bonds is 11. The lowest BCUT2D eigenvalue weighted by atomic mass is 11.3. The molecule has 0 aromatic carbocycles. The summed E-state index contributed by atoms with van der Waals surface area (Å²) in [5.74, 6) is 0. The second-order valence-corrected chi connectivity index (χ2v) is 36.8. The molecule has 5 aliphatic heterocycles. The molecule has 1 radical (unpaired) electrons. The standard InChI is InChI=1S/C21H33O15Si10/c1-12-37-23-39(14-3)27-41(16-5)25-38(13-2,22-11)26-42(17-6)28-40(15-4,24-37)30-44(19-8)33-43(18-7,29-39)34-45(20-9,31-41)36-46(21-10,32-42)35-44/h12-21H,1-10H2,11H3. The predicted octanol–water partition coefficient (Wildman–Crippen LogP) is 2.12. The zero-order valence-corrected chi connectivity index (χ0v) is 35.0. The van der Waals surface area contributed by atoms with Gasteiger partial charge in [-0.05, 0) is 57.0 Å². The summed E-state index contributed by atoms with van der Waals surface area (Å²) in [5.41, 5.74) is 13.2. The van der Waals surface area contributed by atoms with Gasteiger partial charge in [0.1, 0.15) is 0 Å². The van der Waals surface area contributed by atoms with E-state index >= 15 is 0 Å². The quantitative estimate of drug-likeness (QED) is 0.282. The van der Waals surface area contributed by atoms with Gasteiger partial charge in [-0.2, -0.15) is 0 Å². The minimum Gasteiger partial charge on any atom is -0.387 e. The van der Waals surface area contributed by atoms with E-state index in [9.17, 15) is 0 Å². The molecule has 0 aromatic rings. The van der Waals surface area contributed by atoms with E-state index < -0.39 is 88.5 Å². The van der Waals surface area contributed by atoms with Crippen LogP contribution in [-0.4, -0.2) is 95.6 Å². The predicted molar refractivity (Wildman–Crippen MR) is 182 cm³/mol. The van der Waals surface area contributed by atoms with Crippen LogP contribution < -0.4 is 0 Å². The molecule has 46 heavy (non-hydrogen) atoms. The zero-order valence-electron chi connectivity index (χ0n) is 25.0. The van der Waals surface area contributed by atoms with Gasteiger partial charge in [-0.15, -0.1) is 59.2 Å². The van der Waals surface area contributed by atoms with E-state index in [0.29, 0.717) is 0 Å². The Balaban J connectivity index is 2.02. The SMILES string of the molecule is C=C[Si]1O[Si]2(C=C)O[Si]3(C=C)O[Si](C=C)(OC)O[Si]4(C=C)O[Si](C=C)(O1)O[Si]1(C=C)O[Si](C=C)(O2)O[Si](C=C)(O3)O[Si](C=C)(O4)O1. The maximum atomic E-state index is 6.79. The molecular weight excluding hydrogens is 773 g/mol. The van der Waals surface area contributed by atoms with Gasteiger partial charge >= 0.3 is 88.5 Å². The fourth-order valence-electron chi connectivity index (χ4n) is 4.53. The maximum absolute atomic E-state index is 6.79. The van der Waals surface area contributed by atoms with Crippen LogP contribution in [0.25, 0.3) is 0 Å². The third-order valence-corrected chi connectivity index (χ3v) is 43.2. The van der Waals surface area contributed by atoms with E-state index in [4.69, 9.17) is 62.0 Å². The highest BCUT2D eigenvalue weighted by atomic mass is 28.6. The van der Waals surface area contributed by atoms with Crippen LogP contribution in [0.3, 0.4) is 0 Å². The Kier molecular flexibility index (Phi) is 9.76. The molecule has 5 saturated heterocycles. The molecule has 0 aromatic heterocycles. The van der Waals surface area contributed by atoms with Crippen LogP contribution in [0.2, 0.25) is 0 Å². The summed E-state index contributed by atoms with van der Waals surface area (Å²) < 4.78 is 99.9. The van der Waals surface area contributed by atoms with E-state index in [2.05, 4.69) is 65.8 Å². The molecule has 5 fully saturated rings. The van der Waals surface area contributed by atoms with Gasteiger partial charge in [0.05, 0.1) is 0 Å². The summed E-state index contributed by atoms with van der Waals surface area (Å²) in [6.07, 6.45) is 0. The van der Waals surface area contributed by atoms with Gasteiger partial charge in [0.2, 0.25) is 0 Å². The van der Waals surface area contributed by atoms with Gasteiger partial charge in [0.25, 0.3) is 0 Å². The molecule has 5 rings (SSSR count). The Labute approximate surface area is 279 Å². The van der Waals surface area contributed by atoms with Crippen molar-refractivity contribution >= 4 is 88.5 Å². The monoisotopic (exact) mass is 805 g/mol. The lowest BCUT2D eigenvalue weighted by Gasteiger charge is -2.57. The van der Waals surface area contributed by atoms with Crippen LogP contribution >= 0.6 is 0 Å². The third kappa shape index (κ3) is 5.93. The van der Waals surface area contributed by atoms with Gasteiger partial charge in [0, 0.05) is 7.11 Å². The van der Waals surface area contributed by atoms with Gasteiger partial charge in [-0.25, -0.2) is 0 Å². The van der Waals surface area contributed by atoms with Crippen molar-refractivity contribution in [3.63, 3.8) is 0 Å². The van der Waals surface area contributed by atoms with Crippen molar-refractivity contribution in [2.75, 3.05) is 7.11 Å². The summed E-state index contributed by atoms with van der Waals surface area (Å²) >= 11 is 0. The van der Waals surface area contributed by atoms with Crippen LogP contribution in [0.15, 0.2) is 123 Å². The summed E-state index contributed by atoms with van der Waals surface area (Å²) in [4.78, 5) is 0. The normalized spacial score (nSPS) is 48.5. The van der Waals surface area contributed by atoms with Crippen LogP contribution in [-0.2, 0) is 62.0 Å². The second kappa shape index (κ2) is 12.4. The molecule has 5 aliphatic rings. The summed E-state index contributed by atoms with van der Waals surface area (Å²) in [7, 11) is -41.2. The average molecular weight is 806 g/mol. The molecule has 15 nitrogen and oxygen atoms in total. The van der Waals surface area contributed by atoms with Crippen molar-refractivity contribution < 1.29 is 62.0 Å². The van der Waals surface area contributed by atoms with Gasteiger partial charge < -0.3 is 62.0 Å². The molecule has 0 amide bonds. The molecule has 8 atom stereocenters. The van der Waals surface area contributed by atoms with Gasteiger partial charge in [0.15, 0.2) is 0 Å². The minimum absolute atomic E-state index is 1.30. The molecule has 8 bridgehead atoms. The average Bonchev–Trinajstić information content (AvgIpc) is 3.04. The minimum atomic E-state index is -4.49. The van der Waals surface area contributed by atoms with Crippen LogP contribution in [0.5, 0.6) is 0 Å². The Morgan fingerprint density at radius 1 is 0.370 bits per heavy atom. The fourth-order valence-corrected chi connectivity index (χ4v) is 50.1. The third-order valence-electron chi connectivity index (χ3n) is 6.60. The molecule has 0 saturated carbocycles. The smallest absolute Gasteiger partial charge is 0.387 e. The lowest BCUT2D eigenvalue weighted by Crippen LogP contribution is -2.84. The van der Waals surface area contributed by atoms with E-state index in [1.54, 1.807) is 0 Å². The second-order valence-electron chi connectivity index (χ2n) is 9.43. The first-order chi connectivity index (χ1) is 21.7. The highest BCUT2D eigenvalue weighted by molar-refractivity contribution is 7.05. The van der Waals surface area contributed by atoms with Crippen molar-refractivity contribution in [2.24, 2.45) is 0 Å². The fraction of sp³-hybridized carbons (Fsp3) is 0.0476. The van der Waals surface area contributed by atoms with Crippen molar-refractivity contribution in [3.05, 3.63) is 123 Å². The number of hydrogen-bond donors (Lipinski definition) is 0. The Hall–Kier alpha value is -1.03. The Morgan fingerprint density at radius 3 is 0.804 bits per heavy atom. The summed E-state index contributed by atoms with van der Waals surface area (Å²) in [6, 6.07) is 0. The first-order valence-electron chi connectivity index (χ1n) is 13.3.